The molecule has 5 nitrogen and oxygen atoms in total. The smallest absolute Gasteiger partial charge is 0.242 e. The summed E-state index contributed by atoms with van der Waals surface area (Å²) in [6.45, 7) is 1.93. The summed E-state index contributed by atoms with van der Waals surface area (Å²) in [6, 6.07) is 13.3. The Labute approximate surface area is 155 Å². The predicted molar refractivity (Wildman–Crippen MR) is 101 cm³/mol. The minimum Gasteiger partial charge on any atom is -0.493 e. The van der Waals surface area contributed by atoms with Gasteiger partial charge in [0.15, 0.2) is 0 Å². The number of rotatable bonds is 6. The largest absolute Gasteiger partial charge is 0.493 e. The third-order valence-electron chi connectivity index (χ3n) is 4.13. The molecule has 0 saturated heterocycles. The molecular weight excluding hydrogens is 360 g/mol. The summed E-state index contributed by atoms with van der Waals surface area (Å²) in [7, 11) is -0.338. The van der Waals surface area contributed by atoms with Crippen molar-refractivity contribution >= 4 is 22.4 Å². The van der Waals surface area contributed by atoms with Crippen molar-refractivity contribution in [2.24, 2.45) is 0 Å². The predicted octanol–water partition coefficient (Wildman–Crippen LogP) is 2.58. The Morgan fingerprint density at radius 2 is 1.88 bits per heavy atom. The van der Waals surface area contributed by atoms with Crippen molar-refractivity contribution in [2.75, 3.05) is 20.7 Å². The van der Waals surface area contributed by atoms with Crippen molar-refractivity contribution in [3.05, 3.63) is 59.2 Å². The number of hydrogen-bond acceptors (Lipinski definition) is 4. The molecule has 0 spiro atoms. The molecule has 2 aromatic carbocycles. The Morgan fingerprint density at radius 3 is 2.64 bits per heavy atom. The Hall–Kier alpha value is -1.60. The zero-order valence-electron chi connectivity index (χ0n) is 14.4. The highest BCUT2D eigenvalue weighted by atomic mass is 35.5. The maximum absolute atomic E-state index is 12.4. The minimum absolute atomic E-state index is 0. The lowest BCUT2D eigenvalue weighted by Crippen LogP contribution is -2.24. The van der Waals surface area contributed by atoms with Gasteiger partial charge in [0, 0.05) is 33.6 Å². The van der Waals surface area contributed by atoms with E-state index in [0.29, 0.717) is 18.0 Å². The molecule has 0 radical (unpaired) electrons. The molecule has 3 rings (SSSR count). The fraction of sp³-hybridized carbons (Fsp3) is 0.333. The molecule has 0 fully saturated rings. The maximum atomic E-state index is 12.4. The average Bonchev–Trinajstić information content (AvgIpc) is 3.03. The Kier molecular flexibility index (Phi) is 6.46. The second-order valence-corrected chi connectivity index (χ2v) is 8.16. The van der Waals surface area contributed by atoms with Crippen molar-refractivity contribution in [1.29, 1.82) is 0 Å². The van der Waals surface area contributed by atoms with Crippen LogP contribution < -0.4 is 10.1 Å². The summed E-state index contributed by atoms with van der Waals surface area (Å²) < 4.78 is 31.5. The van der Waals surface area contributed by atoms with Gasteiger partial charge in [-0.3, -0.25) is 0 Å². The molecule has 1 aliphatic rings. The third kappa shape index (κ3) is 4.33. The maximum Gasteiger partial charge on any atom is 0.242 e. The molecule has 1 N–H and O–H groups in total. The van der Waals surface area contributed by atoms with Crippen LogP contribution in [0.2, 0.25) is 0 Å². The van der Waals surface area contributed by atoms with E-state index in [-0.39, 0.29) is 12.4 Å². The normalized spacial score (nSPS) is 13.2. The Morgan fingerprint density at radius 1 is 1.12 bits per heavy atom. The molecule has 2 aromatic rings. The number of fused-ring (bicyclic) bond motifs is 1. The van der Waals surface area contributed by atoms with Crippen LogP contribution in [0.3, 0.4) is 0 Å². The van der Waals surface area contributed by atoms with E-state index in [1.54, 1.807) is 26.2 Å². The lowest BCUT2D eigenvalue weighted by molar-refractivity contribution is 0.357. The summed E-state index contributed by atoms with van der Waals surface area (Å²) in [5.74, 6) is 0.973. The average molecular weight is 383 g/mol. The fourth-order valence-corrected chi connectivity index (χ4v) is 3.91. The number of halogens is 1. The van der Waals surface area contributed by atoms with Gasteiger partial charge < -0.3 is 10.1 Å². The van der Waals surface area contributed by atoms with E-state index in [2.05, 4.69) is 11.4 Å². The van der Waals surface area contributed by atoms with Gasteiger partial charge in [0.1, 0.15) is 5.75 Å². The van der Waals surface area contributed by atoms with Gasteiger partial charge in [-0.05, 0) is 28.8 Å². The summed E-state index contributed by atoms with van der Waals surface area (Å²) >= 11 is 0. The molecule has 136 valence electrons. The van der Waals surface area contributed by atoms with E-state index < -0.39 is 10.0 Å². The lowest BCUT2D eigenvalue weighted by atomic mass is 10.1. The zero-order chi connectivity index (χ0) is 17.2. The van der Waals surface area contributed by atoms with E-state index >= 15 is 0 Å². The summed E-state index contributed by atoms with van der Waals surface area (Å²) in [5, 5.41) is 3.34. The van der Waals surface area contributed by atoms with E-state index in [1.165, 1.54) is 15.4 Å². The molecule has 0 atom stereocenters. The number of nitrogens with one attached hydrogen (secondary N) is 1. The Bertz CT molecular complexity index is 838. The van der Waals surface area contributed by atoms with Crippen LogP contribution in [-0.2, 0) is 29.5 Å². The molecule has 0 unspecified atom stereocenters. The lowest BCUT2D eigenvalue weighted by Gasteiger charge is -2.15. The van der Waals surface area contributed by atoms with Gasteiger partial charge in [-0.1, -0.05) is 30.3 Å². The molecule has 0 bridgehead atoms. The highest BCUT2D eigenvalue weighted by Crippen LogP contribution is 2.26. The second kappa shape index (κ2) is 8.19. The summed E-state index contributed by atoms with van der Waals surface area (Å²) in [6.07, 6.45) is 0.951. The quantitative estimate of drug-likeness (QED) is 0.834. The van der Waals surface area contributed by atoms with Gasteiger partial charge >= 0.3 is 0 Å². The fourth-order valence-electron chi connectivity index (χ4n) is 2.79. The summed E-state index contributed by atoms with van der Waals surface area (Å²) in [5.41, 5.74) is 3.19. The number of benzene rings is 2. The molecule has 25 heavy (non-hydrogen) atoms. The first-order chi connectivity index (χ1) is 11.5. The molecule has 0 amide bonds. The number of sulfonamides is 1. The van der Waals surface area contributed by atoms with E-state index in [0.717, 1.165) is 24.3 Å². The molecular formula is C18H23ClN2O3S. The van der Waals surface area contributed by atoms with Crippen LogP contribution in [-0.4, -0.2) is 33.4 Å². The summed E-state index contributed by atoms with van der Waals surface area (Å²) in [4.78, 5) is 0.352. The van der Waals surface area contributed by atoms with Gasteiger partial charge in [-0.15, -0.1) is 12.4 Å². The number of hydrogen-bond donors (Lipinski definition) is 1. The van der Waals surface area contributed by atoms with Crippen molar-refractivity contribution < 1.29 is 13.2 Å². The van der Waals surface area contributed by atoms with Crippen LogP contribution >= 0.6 is 12.4 Å². The first-order valence-corrected chi connectivity index (χ1v) is 9.38. The zero-order valence-corrected chi connectivity index (χ0v) is 16.0. The standard InChI is InChI=1S/C18H22N2O3S.ClH/c1-20(2)24(21,22)18-6-4-3-5-16(18)13-19-12-14-7-8-17-15(11-14)9-10-23-17;/h3-8,11,19H,9-10,12-13H2,1-2H3;1H. The van der Waals surface area contributed by atoms with Crippen molar-refractivity contribution in [1.82, 2.24) is 9.62 Å². The molecule has 0 aromatic heterocycles. The van der Waals surface area contributed by atoms with E-state index in [9.17, 15) is 8.42 Å². The highest BCUT2D eigenvalue weighted by molar-refractivity contribution is 7.89. The third-order valence-corrected chi connectivity index (χ3v) is 6.05. The van der Waals surface area contributed by atoms with Crippen molar-refractivity contribution in [3.8, 4) is 5.75 Å². The molecule has 1 aliphatic heterocycles. The number of nitrogens with zero attached hydrogens (tertiary/aromatic N) is 1. The van der Waals surface area contributed by atoms with Gasteiger partial charge in [-0.2, -0.15) is 0 Å². The van der Waals surface area contributed by atoms with E-state index in [4.69, 9.17) is 4.74 Å². The van der Waals surface area contributed by atoms with Gasteiger partial charge in [0.2, 0.25) is 10.0 Å². The van der Waals surface area contributed by atoms with Crippen LogP contribution in [0.5, 0.6) is 5.75 Å². The molecule has 0 aliphatic carbocycles. The molecule has 0 saturated carbocycles. The first-order valence-electron chi connectivity index (χ1n) is 7.94. The monoisotopic (exact) mass is 382 g/mol. The number of ether oxygens (including phenoxy) is 1. The topological polar surface area (TPSA) is 58.6 Å². The van der Waals surface area contributed by atoms with Crippen LogP contribution in [0.25, 0.3) is 0 Å². The second-order valence-electron chi connectivity index (χ2n) is 6.04. The van der Waals surface area contributed by atoms with Crippen LogP contribution in [0.1, 0.15) is 16.7 Å². The Balaban J connectivity index is 0.00000225. The van der Waals surface area contributed by atoms with Crippen LogP contribution in [0, 0.1) is 0 Å². The van der Waals surface area contributed by atoms with Crippen LogP contribution in [0.15, 0.2) is 47.4 Å². The molecule has 1 heterocycles. The highest BCUT2D eigenvalue weighted by Gasteiger charge is 2.20. The minimum atomic E-state index is -3.43. The SMILES string of the molecule is CN(C)S(=O)(=O)c1ccccc1CNCc1ccc2c(c1)CCO2.Cl. The van der Waals surface area contributed by atoms with E-state index in [1.807, 2.05) is 24.3 Å². The van der Waals surface area contributed by atoms with Crippen molar-refractivity contribution in [2.45, 2.75) is 24.4 Å². The van der Waals surface area contributed by atoms with Gasteiger partial charge in [0.25, 0.3) is 0 Å². The van der Waals surface area contributed by atoms with Crippen LogP contribution in [0.4, 0.5) is 0 Å². The van der Waals surface area contributed by atoms with Crippen molar-refractivity contribution in [3.63, 3.8) is 0 Å². The first kappa shape index (κ1) is 19.7. The van der Waals surface area contributed by atoms with Gasteiger partial charge in [0.05, 0.1) is 11.5 Å². The molecule has 7 heteroatoms. The van der Waals surface area contributed by atoms with Gasteiger partial charge in [-0.25, -0.2) is 12.7 Å².